The van der Waals surface area contributed by atoms with Gasteiger partial charge in [0.15, 0.2) is 5.11 Å². The molecule has 4 nitrogen and oxygen atoms in total. The van der Waals surface area contributed by atoms with E-state index in [1.807, 2.05) is 6.07 Å². The van der Waals surface area contributed by atoms with E-state index in [2.05, 4.69) is 5.32 Å². The number of nitriles is 1. The number of hydrogen-bond donors (Lipinski definition) is 1. The van der Waals surface area contributed by atoms with Gasteiger partial charge in [-0.25, -0.2) is 0 Å². The molecule has 1 amide bonds. The van der Waals surface area contributed by atoms with Gasteiger partial charge in [-0.3, -0.25) is 9.69 Å². The third-order valence-corrected chi connectivity index (χ3v) is 3.29. The number of benzene rings is 1. The summed E-state index contributed by atoms with van der Waals surface area (Å²) >= 11 is 11.1. The lowest BCUT2D eigenvalue weighted by Crippen LogP contribution is -2.40. The Morgan fingerprint density at radius 3 is 2.61 bits per heavy atom. The lowest BCUT2D eigenvalue weighted by atomic mass is 10.1. The van der Waals surface area contributed by atoms with Gasteiger partial charge in [0, 0.05) is 0 Å². The van der Waals surface area contributed by atoms with E-state index in [0.29, 0.717) is 21.4 Å². The van der Waals surface area contributed by atoms with E-state index in [-0.39, 0.29) is 5.91 Å². The molecule has 1 fully saturated rings. The molecule has 1 saturated heterocycles. The fourth-order valence-electron chi connectivity index (χ4n) is 1.72. The Morgan fingerprint density at radius 1 is 1.50 bits per heavy atom. The van der Waals surface area contributed by atoms with E-state index in [4.69, 9.17) is 29.1 Å². The molecule has 0 saturated carbocycles. The van der Waals surface area contributed by atoms with Gasteiger partial charge in [0.25, 0.3) is 5.91 Å². The molecule has 1 aliphatic heterocycles. The van der Waals surface area contributed by atoms with Crippen molar-refractivity contribution in [2.45, 2.75) is 19.4 Å². The second-order valence-electron chi connectivity index (χ2n) is 4.47. The first-order valence-electron chi connectivity index (χ1n) is 5.23. The van der Waals surface area contributed by atoms with Gasteiger partial charge >= 0.3 is 0 Å². The largest absolute Gasteiger partial charge is 0.348 e. The van der Waals surface area contributed by atoms with Crippen LogP contribution in [0.4, 0.5) is 5.69 Å². The lowest BCUT2D eigenvalue weighted by molar-refractivity contribution is -0.120. The number of carbonyl (C=O) groups is 1. The number of nitrogens with one attached hydrogen (secondary N) is 1. The molecule has 1 heterocycles. The summed E-state index contributed by atoms with van der Waals surface area (Å²) in [5.74, 6) is -0.145. The molecule has 2 rings (SSSR count). The van der Waals surface area contributed by atoms with E-state index < -0.39 is 5.54 Å². The van der Waals surface area contributed by atoms with Crippen molar-refractivity contribution < 1.29 is 4.79 Å². The Bertz CT molecular complexity index is 591. The third kappa shape index (κ3) is 1.94. The molecule has 18 heavy (non-hydrogen) atoms. The predicted molar refractivity (Wildman–Crippen MR) is 73.5 cm³/mol. The zero-order valence-electron chi connectivity index (χ0n) is 9.82. The summed E-state index contributed by atoms with van der Waals surface area (Å²) < 4.78 is 0. The normalized spacial score (nSPS) is 17.6. The molecule has 6 heteroatoms. The lowest BCUT2D eigenvalue weighted by Gasteiger charge is -2.17. The van der Waals surface area contributed by atoms with Crippen LogP contribution in [0.15, 0.2) is 18.2 Å². The SMILES string of the molecule is CC1(C)NC(=S)N(c2ccc(C#N)c(Cl)c2)C1=O. The van der Waals surface area contributed by atoms with Gasteiger partial charge in [-0.1, -0.05) is 11.6 Å². The summed E-state index contributed by atoms with van der Waals surface area (Å²) in [5, 5.41) is 12.4. The minimum Gasteiger partial charge on any atom is -0.348 e. The number of anilines is 1. The molecule has 92 valence electrons. The summed E-state index contributed by atoms with van der Waals surface area (Å²) in [5.41, 5.74) is 0.203. The van der Waals surface area contributed by atoms with Crippen LogP contribution in [0.5, 0.6) is 0 Å². The van der Waals surface area contributed by atoms with Gasteiger partial charge < -0.3 is 5.32 Å². The Hall–Kier alpha value is -1.64. The van der Waals surface area contributed by atoms with Crippen molar-refractivity contribution in [1.82, 2.24) is 5.32 Å². The number of halogens is 1. The first kappa shape index (κ1) is 12.8. The molecule has 0 bridgehead atoms. The van der Waals surface area contributed by atoms with Crippen LogP contribution in [0, 0.1) is 11.3 Å². The zero-order chi connectivity index (χ0) is 13.5. The number of carbonyl (C=O) groups excluding carboxylic acids is 1. The van der Waals surface area contributed by atoms with Crippen molar-refractivity contribution in [3.05, 3.63) is 28.8 Å². The molecule has 0 spiro atoms. The monoisotopic (exact) mass is 279 g/mol. The van der Waals surface area contributed by atoms with Gasteiger partial charge in [-0.2, -0.15) is 5.26 Å². The minimum absolute atomic E-state index is 0.145. The van der Waals surface area contributed by atoms with Gasteiger partial charge in [0.1, 0.15) is 11.6 Å². The van der Waals surface area contributed by atoms with Crippen molar-refractivity contribution in [2.75, 3.05) is 4.90 Å². The quantitative estimate of drug-likeness (QED) is 0.801. The molecule has 0 aromatic heterocycles. The predicted octanol–water partition coefficient (Wildman–Crippen LogP) is 2.21. The Morgan fingerprint density at radius 2 is 2.17 bits per heavy atom. The van der Waals surface area contributed by atoms with Crippen LogP contribution in [0.3, 0.4) is 0 Å². The number of amides is 1. The smallest absolute Gasteiger partial charge is 0.258 e. The molecular weight excluding hydrogens is 270 g/mol. The van der Waals surface area contributed by atoms with Crippen molar-refractivity contribution in [2.24, 2.45) is 0 Å². The Labute approximate surface area is 115 Å². The summed E-state index contributed by atoms with van der Waals surface area (Å²) in [4.78, 5) is 13.6. The highest BCUT2D eigenvalue weighted by Gasteiger charge is 2.42. The van der Waals surface area contributed by atoms with Crippen LogP contribution in [0.1, 0.15) is 19.4 Å². The third-order valence-electron chi connectivity index (χ3n) is 2.69. The molecule has 1 aromatic carbocycles. The first-order valence-corrected chi connectivity index (χ1v) is 6.02. The van der Waals surface area contributed by atoms with Crippen LogP contribution in [0.25, 0.3) is 0 Å². The van der Waals surface area contributed by atoms with E-state index in [0.717, 1.165) is 0 Å². The molecule has 1 aromatic rings. The molecule has 0 unspecified atom stereocenters. The number of rotatable bonds is 1. The summed E-state index contributed by atoms with van der Waals surface area (Å²) in [6, 6.07) is 6.75. The number of thiocarbonyl (C=S) groups is 1. The summed E-state index contributed by atoms with van der Waals surface area (Å²) in [6.45, 7) is 3.51. The highest BCUT2D eigenvalue weighted by Crippen LogP contribution is 2.28. The number of nitrogens with zero attached hydrogens (tertiary/aromatic N) is 2. The van der Waals surface area contributed by atoms with Crippen LogP contribution in [-0.4, -0.2) is 16.6 Å². The molecule has 1 N–H and O–H groups in total. The molecule has 0 atom stereocenters. The maximum atomic E-state index is 12.2. The minimum atomic E-state index is -0.725. The first-order chi connectivity index (χ1) is 8.36. The van der Waals surface area contributed by atoms with E-state index in [1.54, 1.807) is 32.0 Å². The average molecular weight is 280 g/mol. The number of hydrogen-bond acceptors (Lipinski definition) is 3. The van der Waals surface area contributed by atoms with Crippen molar-refractivity contribution in [3.8, 4) is 6.07 Å². The fraction of sp³-hybridized carbons (Fsp3) is 0.250. The van der Waals surface area contributed by atoms with Crippen molar-refractivity contribution >= 4 is 40.5 Å². The average Bonchev–Trinajstić information content (AvgIpc) is 2.48. The van der Waals surface area contributed by atoms with Crippen LogP contribution < -0.4 is 10.2 Å². The van der Waals surface area contributed by atoms with Gasteiger partial charge in [0.05, 0.1) is 16.3 Å². The Kier molecular flexibility index (Phi) is 3.01. The molecule has 0 aliphatic carbocycles. The maximum absolute atomic E-state index is 12.2. The highest BCUT2D eigenvalue weighted by molar-refractivity contribution is 7.80. The van der Waals surface area contributed by atoms with Gasteiger partial charge in [-0.05, 0) is 44.3 Å². The van der Waals surface area contributed by atoms with Crippen molar-refractivity contribution in [3.63, 3.8) is 0 Å². The highest BCUT2D eigenvalue weighted by atomic mass is 35.5. The summed E-state index contributed by atoms with van der Waals surface area (Å²) in [7, 11) is 0. The second kappa shape index (κ2) is 4.23. The maximum Gasteiger partial charge on any atom is 0.258 e. The molecule has 1 aliphatic rings. The standard InChI is InChI=1S/C12H10ClN3OS/c1-12(2)10(17)16(11(18)15-12)8-4-3-7(6-14)9(13)5-8/h3-5H,1-2H3,(H,15,18). The summed E-state index contributed by atoms with van der Waals surface area (Å²) in [6.07, 6.45) is 0. The van der Waals surface area contributed by atoms with Crippen LogP contribution in [-0.2, 0) is 4.79 Å². The molecule has 0 radical (unpaired) electrons. The molecular formula is C12H10ClN3OS. The Balaban J connectivity index is 2.45. The van der Waals surface area contributed by atoms with Crippen molar-refractivity contribution in [1.29, 1.82) is 5.26 Å². The zero-order valence-corrected chi connectivity index (χ0v) is 11.4. The van der Waals surface area contributed by atoms with Gasteiger partial charge in [0.2, 0.25) is 0 Å². The second-order valence-corrected chi connectivity index (χ2v) is 5.27. The van der Waals surface area contributed by atoms with Crippen LogP contribution in [0.2, 0.25) is 5.02 Å². The topological polar surface area (TPSA) is 56.1 Å². The fourth-order valence-corrected chi connectivity index (χ4v) is 2.38. The van der Waals surface area contributed by atoms with E-state index in [1.165, 1.54) is 4.90 Å². The van der Waals surface area contributed by atoms with E-state index >= 15 is 0 Å². The van der Waals surface area contributed by atoms with Crippen LogP contribution >= 0.6 is 23.8 Å². The van der Waals surface area contributed by atoms with E-state index in [9.17, 15) is 4.79 Å². The van der Waals surface area contributed by atoms with Gasteiger partial charge in [-0.15, -0.1) is 0 Å².